The van der Waals surface area contributed by atoms with Gasteiger partial charge in [-0.05, 0) is 11.6 Å². The molecule has 0 bridgehead atoms. The zero-order chi connectivity index (χ0) is 17.3. The lowest BCUT2D eigenvalue weighted by atomic mass is 9.94. The minimum atomic E-state index is -0.676. The van der Waals surface area contributed by atoms with Gasteiger partial charge in [0.15, 0.2) is 0 Å². The van der Waals surface area contributed by atoms with Gasteiger partial charge in [-0.3, -0.25) is 0 Å². The van der Waals surface area contributed by atoms with Gasteiger partial charge >= 0.3 is 0 Å². The van der Waals surface area contributed by atoms with Crippen molar-refractivity contribution in [3.8, 4) is 5.75 Å². The zero-order valence-electron chi connectivity index (χ0n) is 13.5. The summed E-state index contributed by atoms with van der Waals surface area (Å²) in [6.07, 6.45) is 3.65. The van der Waals surface area contributed by atoms with Crippen molar-refractivity contribution in [2.75, 3.05) is 14.2 Å². The van der Waals surface area contributed by atoms with Crippen molar-refractivity contribution in [3.63, 3.8) is 0 Å². The molecule has 24 heavy (non-hydrogen) atoms. The highest BCUT2D eigenvalue weighted by atomic mass is 19.1. The standard InChI is InChI=1S/C20H17F2NO/c1-13-9-10-16(14-7-5-4-6-8-14)20(23(13)2)19-17(21)11-15(24-3)12-18(19)22/h4-12H,1H2,2-3H3. The average molecular weight is 325 g/mol. The fourth-order valence-electron chi connectivity index (χ4n) is 2.74. The van der Waals surface area contributed by atoms with E-state index in [-0.39, 0.29) is 11.3 Å². The van der Waals surface area contributed by atoms with Gasteiger partial charge in [0.05, 0.1) is 18.4 Å². The molecule has 0 spiro atoms. The lowest BCUT2D eigenvalue weighted by Crippen LogP contribution is -2.20. The maximum absolute atomic E-state index is 14.6. The predicted molar refractivity (Wildman–Crippen MR) is 92.2 cm³/mol. The SMILES string of the molecule is C=C1C=CC(c2ccccc2)=C(c2c(F)cc(OC)cc2F)N1C. The average Bonchev–Trinajstić information content (AvgIpc) is 2.58. The first kappa shape index (κ1) is 16.0. The van der Waals surface area contributed by atoms with E-state index in [1.807, 2.05) is 42.5 Å². The number of ether oxygens (including phenoxy) is 1. The smallest absolute Gasteiger partial charge is 0.139 e. The first-order chi connectivity index (χ1) is 11.5. The van der Waals surface area contributed by atoms with Crippen LogP contribution >= 0.6 is 0 Å². The van der Waals surface area contributed by atoms with Crippen LogP contribution < -0.4 is 4.74 Å². The molecular formula is C20H17F2NO. The maximum atomic E-state index is 14.6. The van der Waals surface area contributed by atoms with E-state index in [1.165, 1.54) is 19.2 Å². The molecule has 0 aromatic heterocycles. The number of hydrogen-bond acceptors (Lipinski definition) is 2. The van der Waals surface area contributed by atoms with Gasteiger partial charge in [-0.25, -0.2) is 8.78 Å². The Morgan fingerprint density at radius 2 is 1.62 bits per heavy atom. The van der Waals surface area contributed by atoms with Crippen LogP contribution in [0.25, 0.3) is 11.3 Å². The van der Waals surface area contributed by atoms with E-state index in [4.69, 9.17) is 4.74 Å². The van der Waals surface area contributed by atoms with Crippen molar-refractivity contribution in [1.82, 2.24) is 4.90 Å². The van der Waals surface area contributed by atoms with E-state index in [0.29, 0.717) is 11.4 Å². The van der Waals surface area contributed by atoms with Crippen LogP contribution in [-0.2, 0) is 0 Å². The maximum Gasteiger partial charge on any atom is 0.139 e. The third-order valence-corrected chi connectivity index (χ3v) is 4.04. The third-order valence-electron chi connectivity index (χ3n) is 4.04. The molecule has 1 aliphatic rings. The highest BCUT2D eigenvalue weighted by Crippen LogP contribution is 2.38. The van der Waals surface area contributed by atoms with Gasteiger partial charge in [-0.2, -0.15) is 0 Å². The van der Waals surface area contributed by atoms with Crippen molar-refractivity contribution in [1.29, 1.82) is 0 Å². The summed E-state index contributed by atoms with van der Waals surface area (Å²) in [7, 11) is 3.12. The summed E-state index contributed by atoms with van der Waals surface area (Å²) in [4.78, 5) is 1.69. The normalized spacial score (nSPS) is 14.3. The molecule has 1 aliphatic heterocycles. The molecule has 3 rings (SSSR count). The Balaban J connectivity index is 2.30. The van der Waals surface area contributed by atoms with Crippen molar-refractivity contribution >= 4 is 11.3 Å². The molecule has 0 aliphatic carbocycles. The second kappa shape index (κ2) is 6.32. The third kappa shape index (κ3) is 2.71. The molecule has 4 heteroatoms. The van der Waals surface area contributed by atoms with E-state index in [9.17, 15) is 8.78 Å². The molecule has 0 amide bonds. The molecule has 0 N–H and O–H groups in total. The van der Waals surface area contributed by atoms with Gasteiger partial charge in [-0.1, -0.05) is 43.0 Å². The molecule has 0 fully saturated rings. The van der Waals surface area contributed by atoms with Crippen LogP contribution in [0, 0.1) is 11.6 Å². The predicted octanol–water partition coefficient (Wildman–Crippen LogP) is 4.86. The highest BCUT2D eigenvalue weighted by Gasteiger charge is 2.25. The Kier molecular flexibility index (Phi) is 4.21. The Hall–Kier alpha value is -2.88. The molecule has 1 heterocycles. The Morgan fingerprint density at radius 3 is 2.21 bits per heavy atom. The largest absolute Gasteiger partial charge is 0.497 e. The summed E-state index contributed by atoms with van der Waals surface area (Å²) in [5, 5.41) is 0. The summed E-state index contributed by atoms with van der Waals surface area (Å²) in [6.45, 7) is 3.93. The van der Waals surface area contributed by atoms with Crippen molar-refractivity contribution in [3.05, 3.63) is 89.7 Å². The fraction of sp³-hybridized carbons (Fsp3) is 0.100. The molecule has 0 unspecified atom stereocenters. The number of allylic oxidation sites excluding steroid dienone is 3. The van der Waals surface area contributed by atoms with Gasteiger partial charge in [-0.15, -0.1) is 0 Å². The summed E-state index contributed by atoms with van der Waals surface area (Å²) < 4.78 is 34.2. The summed E-state index contributed by atoms with van der Waals surface area (Å²) in [6, 6.07) is 11.8. The van der Waals surface area contributed by atoms with Crippen molar-refractivity contribution < 1.29 is 13.5 Å². The number of methoxy groups -OCH3 is 1. The van der Waals surface area contributed by atoms with Crippen LogP contribution in [0.2, 0.25) is 0 Å². The molecule has 2 nitrogen and oxygen atoms in total. The van der Waals surface area contributed by atoms with Crippen LogP contribution in [0.3, 0.4) is 0 Å². The molecule has 122 valence electrons. The lowest BCUT2D eigenvalue weighted by molar-refractivity contribution is 0.406. The van der Waals surface area contributed by atoms with E-state index < -0.39 is 11.6 Å². The Labute approximate surface area is 140 Å². The summed E-state index contributed by atoms with van der Waals surface area (Å²) in [5.41, 5.74) is 2.60. The van der Waals surface area contributed by atoms with Crippen molar-refractivity contribution in [2.45, 2.75) is 0 Å². The van der Waals surface area contributed by atoms with Gasteiger partial charge < -0.3 is 9.64 Å². The quantitative estimate of drug-likeness (QED) is 0.799. The molecule has 0 saturated carbocycles. The first-order valence-electron chi connectivity index (χ1n) is 7.46. The summed E-state index contributed by atoms with van der Waals surface area (Å²) >= 11 is 0. The van der Waals surface area contributed by atoms with Crippen LogP contribution in [-0.4, -0.2) is 19.1 Å². The van der Waals surface area contributed by atoms with E-state index >= 15 is 0 Å². The summed E-state index contributed by atoms with van der Waals surface area (Å²) in [5.74, 6) is -1.21. The molecule has 0 atom stereocenters. The van der Waals surface area contributed by atoms with Crippen molar-refractivity contribution in [2.24, 2.45) is 0 Å². The molecule has 2 aromatic carbocycles. The topological polar surface area (TPSA) is 12.5 Å². The first-order valence-corrected chi connectivity index (χ1v) is 7.46. The van der Waals surface area contributed by atoms with Gasteiger partial charge in [0.2, 0.25) is 0 Å². The molecule has 0 saturated heterocycles. The van der Waals surface area contributed by atoms with Gasteiger partial charge in [0, 0.05) is 30.5 Å². The van der Waals surface area contributed by atoms with Crippen LogP contribution in [0.4, 0.5) is 8.78 Å². The second-order valence-corrected chi connectivity index (χ2v) is 5.48. The molecule has 2 aromatic rings. The minimum Gasteiger partial charge on any atom is -0.497 e. The highest BCUT2D eigenvalue weighted by molar-refractivity contribution is 5.97. The monoisotopic (exact) mass is 325 g/mol. The van der Waals surface area contributed by atoms with Crippen LogP contribution in [0.1, 0.15) is 11.1 Å². The van der Waals surface area contributed by atoms with E-state index in [2.05, 4.69) is 6.58 Å². The zero-order valence-corrected chi connectivity index (χ0v) is 13.5. The number of benzene rings is 2. The second-order valence-electron chi connectivity index (χ2n) is 5.48. The Morgan fingerprint density at radius 1 is 1.00 bits per heavy atom. The van der Waals surface area contributed by atoms with Gasteiger partial charge in [0.1, 0.15) is 17.4 Å². The minimum absolute atomic E-state index is 0.0948. The van der Waals surface area contributed by atoms with E-state index in [1.54, 1.807) is 11.9 Å². The number of hydrogen-bond donors (Lipinski definition) is 0. The van der Waals surface area contributed by atoms with Gasteiger partial charge in [0.25, 0.3) is 0 Å². The van der Waals surface area contributed by atoms with E-state index in [0.717, 1.165) is 11.1 Å². The number of rotatable bonds is 3. The lowest BCUT2D eigenvalue weighted by Gasteiger charge is -2.30. The fourth-order valence-corrected chi connectivity index (χ4v) is 2.74. The van der Waals surface area contributed by atoms with Crippen LogP contribution in [0.5, 0.6) is 5.75 Å². The van der Waals surface area contributed by atoms with Crippen LogP contribution in [0.15, 0.2) is 66.9 Å². The number of likely N-dealkylation sites (N-methyl/N-ethyl adjacent to an activating group) is 1. The number of halogens is 2. The molecular weight excluding hydrogens is 308 g/mol. The number of nitrogens with zero attached hydrogens (tertiary/aromatic N) is 1. The Bertz CT molecular complexity index is 830. The molecule has 0 radical (unpaired) electrons.